The molecule has 3 aromatic heterocycles. The molecule has 0 aliphatic heterocycles. The lowest BCUT2D eigenvalue weighted by Crippen LogP contribution is -2.41. The Labute approximate surface area is 196 Å². The molecule has 0 N–H and O–H groups in total. The highest BCUT2D eigenvalue weighted by Crippen LogP contribution is 2.36. The first-order chi connectivity index (χ1) is 15.6. The largest absolute Gasteiger partial charge is 0.563 e. The molecule has 0 saturated carbocycles. The van der Waals surface area contributed by atoms with Gasteiger partial charge in [0.2, 0.25) is 0 Å². The topological polar surface area (TPSA) is 70.7 Å². The van der Waals surface area contributed by atoms with Crippen molar-refractivity contribution in [2.75, 3.05) is 6.61 Å². The van der Waals surface area contributed by atoms with E-state index in [1.807, 2.05) is 61.0 Å². The van der Waals surface area contributed by atoms with Crippen molar-refractivity contribution in [2.45, 2.75) is 45.4 Å². The molecule has 0 aliphatic carbocycles. The van der Waals surface area contributed by atoms with Crippen LogP contribution in [-0.4, -0.2) is 44.5 Å². The number of hydrogen-bond donors (Lipinski definition) is 0. The van der Waals surface area contributed by atoms with E-state index in [0.29, 0.717) is 12.4 Å². The maximum Gasteiger partial charge on any atom is 0.159 e. The highest BCUT2D eigenvalue weighted by Gasteiger charge is 2.24. The zero-order chi connectivity index (χ0) is 23.6. The molecule has 0 unspecified atom stereocenters. The molecular weight excluding hydrogens is 428 g/mol. The van der Waals surface area contributed by atoms with Crippen molar-refractivity contribution in [2.24, 2.45) is 7.05 Å². The second-order valence-corrected chi connectivity index (χ2v) is 14.7. The van der Waals surface area contributed by atoms with Crippen molar-refractivity contribution in [3.05, 3.63) is 61.4 Å². The van der Waals surface area contributed by atoms with Crippen LogP contribution in [0.1, 0.15) is 20.8 Å². The Morgan fingerprint density at radius 1 is 0.848 bits per heavy atom. The van der Waals surface area contributed by atoms with E-state index in [0.717, 1.165) is 34.4 Å². The van der Waals surface area contributed by atoms with Gasteiger partial charge in [0.15, 0.2) is 5.82 Å². The van der Waals surface area contributed by atoms with Gasteiger partial charge in [-0.3, -0.25) is 9.36 Å². The molecule has 0 bridgehead atoms. The Hall–Kier alpha value is -3.10. The Morgan fingerprint density at radius 2 is 1.52 bits per heavy atom. The number of benzene rings is 1. The number of hydrogen-bond acceptors (Lipinski definition) is 5. The van der Waals surface area contributed by atoms with E-state index in [1.54, 1.807) is 4.68 Å². The van der Waals surface area contributed by atoms with Crippen molar-refractivity contribution >= 4 is 8.32 Å². The summed E-state index contributed by atoms with van der Waals surface area (Å²) in [5.74, 6) is 0.694. The van der Waals surface area contributed by atoms with Gasteiger partial charge in [0.05, 0.1) is 18.9 Å². The van der Waals surface area contributed by atoms with E-state index < -0.39 is 8.32 Å². The fourth-order valence-electron chi connectivity index (χ4n) is 3.28. The van der Waals surface area contributed by atoms with Crippen LogP contribution in [0.25, 0.3) is 33.6 Å². The van der Waals surface area contributed by atoms with Crippen LogP contribution >= 0.6 is 0 Å². The van der Waals surface area contributed by atoms with Gasteiger partial charge in [-0.1, -0.05) is 39.0 Å². The van der Waals surface area contributed by atoms with E-state index in [4.69, 9.17) is 4.43 Å². The van der Waals surface area contributed by atoms with Gasteiger partial charge in [-0.25, -0.2) is 9.97 Å². The summed E-state index contributed by atoms with van der Waals surface area (Å²) in [6.45, 7) is 12.7. The van der Waals surface area contributed by atoms with E-state index in [2.05, 4.69) is 66.2 Å². The third kappa shape index (κ3) is 5.28. The van der Waals surface area contributed by atoms with E-state index in [-0.39, 0.29) is 5.04 Å². The molecule has 4 rings (SSSR count). The van der Waals surface area contributed by atoms with Crippen molar-refractivity contribution in [1.82, 2.24) is 29.5 Å². The molecule has 0 amide bonds. The van der Waals surface area contributed by atoms with Gasteiger partial charge in [0, 0.05) is 60.7 Å². The molecule has 0 spiro atoms. The SMILES string of the molecule is Cn1cc(-c2cccc(-c3ncc(-c4cnn(CCO[Si-](C)(C)C(C)(C)C)c4)cn3)c2)cn1. The van der Waals surface area contributed by atoms with Gasteiger partial charge < -0.3 is 4.43 Å². The number of rotatable bonds is 7. The molecule has 0 aliphatic rings. The molecular formula is C25H32N6OSi-. The summed E-state index contributed by atoms with van der Waals surface area (Å²) >= 11 is 0. The van der Waals surface area contributed by atoms with E-state index >= 15 is 0 Å². The van der Waals surface area contributed by atoms with Crippen molar-refractivity contribution < 1.29 is 4.43 Å². The standard InChI is InChI=1S/C25H32N6OSi/c1-25(2,3)33(5,6)32-11-10-31-18-23(16-29-31)21-13-26-24(27-14-21)20-9-7-8-19(12-20)22-15-28-30(4)17-22/h7-9,12-18H,10-11H2,1-6H3/q-1. The minimum Gasteiger partial charge on any atom is -0.563 e. The molecule has 8 heteroatoms. The smallest absolute Gasteiger partial charge is 0.159 e. The first kappa shape index (κ1) is 23.1. The average molecular weight is 461 g/mol. The predicted octanol–water partition coefficient (Wildman–Crippen LogP) is 5.43. The Balaban J connectivity index is 1.43. The van der Waals surface area contributed by atoms with Crippen LogP contribution < -0.4 is 0 Å². The molecule has 0 atom stereocenters. The van der Waals surface area contributed by atoms with Gasteiger partial charge in [-0.2, -0.15) is 10.2 Å². The normalized spacial score (nSPS) is 12.3. The van der Waals surface area contributed by atoms with Crippen molar-refractivity contribution in [3.63, 3.8) is 0 Å². The van der Waals surface area contributed by atoms with E-state index in [9.17, 15) is 0 Å². The van der Waals surface area contributed by atoms with Gasteiger partial charge in [-0.15, -0.1) is 18.1 Å². The Bertz CT molecular complexity index is 1220. The lowest BCUT2D eigenvalue weighted by atomic mass is 10.1. The first-order valence-corrected chi connectivity index (χ1v) is 14.1. The number of aryl methyl sites for hydroxylation is 1. The van der Waals surface area contributed by atoms with Gasteiger partial charge >= 0.3 is 0 Å². The predicted molar refractivity (Wildman–Crippen MR) is 134 cm³/mol. The van der Waals surface area contributed by atoms with Gasteiger partial charge in [0.1, 0.15) is 0 Å². The van der Waals surface area contributed by atoms with Crippen LogP contribution in [0.3, 0.4) is 0 Å². The minimum absolute atomic E-state index is 0.207. The van der Waals surface area contributed by atoms with Crippen molar-refractivity contribution in [3.8, 4) is 33.6 Å². The summed E-state index contributed by atoms with van der Waals surface area (Å²) in [6.07, 6.45) is 11.4. The Morgan fingerprint density at radius 3 is 2.18 bits per heavy atom. The summed E-state index contributed by atoms with van der Waals surface area (Å²) in [5.41, 5.74) is 5.08. The highest BCUT2D eigenvalue weighted by molar-refractivity contribution is 6.74. The molecule has 0 saturated heterocycles. The fraction of sp³-hybridized carbons (Fsp3) is 0.360. The lowest BCUT2D eigenvalue weighted by molar-refractivity contribution is 0.266. The van der Waals surface area contributed by atoms with Gasteiger partial charge in [-0.05, 0) is 19.9 Å². The molecule has 4 aromatic rings. The zero-order valence-corrected chi connectivity index (χ0v) is 21.3. The summed E-state index contributed by atoms with van der Waals surface area (Å²) in [6, 6.07) is 8.20. The highest BCUT2D eigenvalue weighted by atomic mass is 28.4. The van der Waals surface area contributed by atoms with E-state index in [1.165, 1.54) is 0 Å². The van der Waals surface area contributed by atoms with Crippen LogP contribution in [0.5, 0.6) is 0 Å². The quantitative estimate of drug-likeness (QED) is 0.344. The number of nitrogens with zero attached hydrogens (tertiary/aromatic N) is 6. The van der Waals surface area contributed by atoms with Gasteiger partial charge in [0.25, 0.3) is 0 Å². The fourth-order valence-corrected chi connectivity index (χ4v) is 4.31. The Kier molecular flexibility index (Phi) is 6.31. The molecule has 173 valence electrons. The van der Waals surface area contributed by atoms with Crippen LogP contribution in [0.2, 0.25) is 18.1 Å². The average Bonchev–Trinajstić information content (AvgIpc) is 3.42. The summed E-state index contributed by atoms with van der Waals surface area (Å²) in [5, 5.41) is 8.95. The molecule has 7 nitrogen and oxygen atoms in total. The van der Waals surface area contributed by atoms with Crippen LogP contribution in [0.4, 0.5) is 0 Å². The molecule has 0 fully saturated rings. The number of aromatic nitrogens is 6. The van der Waals surface area contributed by atoms with Crippen LogP contribution in [0, 0.1) is 0 Å². The summed E-state index contributed by atoms with van der Waals surface area (Å²) in [4.78, 5) is 9.22. The molecule has 3 heterocycles. The maximum absolute atomic E-state index is 6.27. The monoisotopic (exact) mass is 460 g/mol. The minimum atomic E-state index is -1.74. The molecule has 1 aromatic carbocycles. The summed E-state index contributed by atoms with van der Waals surface area (Å²) < 4.78 is 9.99. The second kappa shape index (κ2) is 9.03. The zero-order valence-electron chi connectivity index (χ0n) is 20.3. The molecule has 0 radical (unpaired) electrons. The van der Waals surface area contributed by atoms with Crippen LogP contribution in [-0.2, 0) is 18.0 Å². The van der Waals surface area contributed by atoms with Crippen molar-refractivity contribution in [1.29, 1.82) is 0 Å². The third-order valence-electron chi connectivity index (χ3n) is 6.37. The summed E-state index contributed by atoms with van der Waals surface area (Å²) in [7, 11) is 0.171. The second-order valence-electron chi connectivity index (χ2n) is 9.88. The lowest BCUT2D eigenvalue weighted by Gasteiger charge is -2.48. The first-order valence-electron chi connectivity index (χ1n) is 11.2. The van der Waals surface area contributed by atoms with Crippen LogP contribution in [0.15, 0.2) is 61.4 Å². The molecule has 33 heavy (non-hydrogen) atoms. The maximum atomic E-state index is 6.27. The third-order valence-corrected chi connectivity index (χ3v) is 10.9.